The van der Waals surface area contributed by atoms with Crippen LogP contribution in [0.3, 0.4) is 0 Å². The summed E-state index contributed by atoms with van der Waals surface area (Å²) in [6, 6.07) is 0. The van der Waals surface area contributed by atoms with Crippen molar-refractivity contribution in [2.24, 2.45) is 11.7 Å². The fourth-order valence-electron chi connectivity index (χ4n) is 2.21. The van der Waals surface area contributed by atoms with Crippen LogP contribution < -0.4 is 5.73 Å². The molecule has 3 nitrogen and oxygen atoms in total. The molecule has 1 fully saturated rings. The van der Waals surface area contributed by atoms with Crippen molar-refractivity contribution < 1.29 is 0 Å². The van der Waals surface area contributed by atoms with Crippen LogP contribution in [0.5, 0.6) is 0 Å². The van der Waals surface area contributed by atoms with Crippen LogP contribution in [0.2, 0.25) is 0 Å². The average molecular weight is 213 g/mol. The predicted molar refractivity (Wildman–Crippen MR) is 66.0 cm³/mol. The Balaban J connectivity index is 2.40. The molecule has 0 spiro atoms. The van der Waals surface area contributed by atoms with Crippen LogP contribution >= 0.6 is 0 Å². The summed E-state index contributed by atoms with van der Waals surface area (Å²) in [6.07, 6.45) is 2.72. The Morgan fingerprint density at radius 2 is 2.13 bits per heavy atom. The van der Waals surface area contributed by atoms with E-state index in [1.54, 1.807) is 0 Å². The minimum Gasteiger partial charge on any atom is -0.329 e. The van der Waals surface area contributed by atoms with E-state index in [1.807, 2.05) is 0 Å². The summed E-state index contributed by atoms with van der Waals surface area (Å²) >= 11 is 0. The molecule has 0 amide bonds. The van der Waals surface area contributed by atoms with E-state index in [-0.39, 0.29) is 5.54 Å². The molecule has 0 bridgehead atoms. The third kappa shape index (κ3) is 3.74. The number of rotatable bonds is 4. The highest BCUT2D eigenvalue weighted by Crippen LogP contribution is 2.19. The minimum atomic E-state index is 0.135. The van der Waals surface area contributed by atoms with Crippen molar-refractivity contribution in [2.45, 2.75) is 32.2 Å². The summed E-state index contributed by atoms with van der Waals surface area (Å²) in [5.74, 6) is 0.819. The molecule has 90 valence electrons. The summed E-state index contributed by atoms with van der Waals surface area (Å²) < 4.78 is 0. The largest absolute Gasteiger partial charge is 0.329 e. The van der Waals surface area contributed by atoms with Crippen LogP contribution in [0.4, 0.5) is 0 Å². The van der Waals surface area contributed by atoms with Gasteiger partial charge in [0.25, 0.3) is 0 Å². The Morgan fingerprint density at radius 3 is 2.67 bits per heavy atom. The Kier molecular flexibility index (Phi) is 4.56. The molecule has 1 unspecified atom stereocenters. The van der Waals surface area contributed by atoms with E-state index in [0.29, 0.717) is 0 Å². The molecule has 0 saturated carbocycles. The maximum Gasteiger partial charge on any atom is 0.0272 e. The number of piperidine rings is 1. The molecule has 0 radical (unpaired) electrons. The second-order valence-electron chi connectivity index (χ2n) is 5.67. The van der Waals surface area contributed by atoms with Crippen LogP contribution in [0.25, 0.3) is 0 Å². The summed E-state index contributed by atoms with van der Waals surface area (Å²) in [5, 5.41) is 0. The molecule has 1 heterocycles. The van der Waals surface area contributed by atoms with E-state index < -0.39 is 0 Å². The number of hydrogen-bond donors (Lipinski definition) is 1. The van der Waals surface area contributed by atoms with Gasteiger partial charge in [-0.15, -0.1) is 0 Å². The van der Waals surface area contributed by atoms with Gasteiger partial charge in [0.2, 0.25) is 0 Å². The summed E-state index contributed by atoms with van der Waals surface area (Å²) in [5.41, 5.74) is 5.92. The van der Waals surface area contributed by atoms with Crippen molar-refractivity contribution in [3.63, 3.8) is 0 Å². The highest BCUT2D eigenvalue weighted by Gasteiger charge is 2.25. The van der Waals surface area contributed by atoms with E-state index in [2.05, 4.69) is 37.7 Å². The first-order valence-corrected chi connectivity index (χ1v) is 6.05. The molecule has 1 aliphatic rings. The second kappa shape index (κ2) is 5.28. The summed E-state index contributed by atoms with van der Waals surface area (Å²) in [6.45, 7) is 8.85. The van der Waals surface area contributed by atoms with Crippen molar-refractivity contribution >= 4 is 0 Å². The van der Waals surface area contributed by atoms with E-state index in [0.717, 1.165) is 12.5 Å². The van der Waals surface area contributed by atoms with Crippen molar-refractivity contribution in [3.8, 4) is 0 Å². The molecule has 15 heavy (non-hydrogen) atoms. The molecular formula is C12H27N3. The van der Waals surface area contributed by atoms with E-state index >= 15 is 0 Å². The maximum atomic E-state index is 5.79. The van der Waals surface area contributed by atoms with Gasteiger partial charge < -0.3 is 10.6 Å². The fourth-order valence-corrected chi connectivity index (χ4v) is 2.21. The zero-order chi connectivity index (χ0) is 11.5. The predicted octanol–water partition coefficient (Wildman–Crippen LogP) is 0.997. The van der Waals surface area contributed by atoms with Gasteiger partial charge in [0, 0.05) is 25.2 Å². The van der Waals surface area contributed by atoms with Crippen molar-refractivity contribution in [3.05, 3.63) is 0 Å². The van der Waals surface area contributed by atoms with Gasteiger partial charge in [-0.1, -0.05) is 0 Å². The van der Waals surface area contributed by atoms with E-state index in [4.69, 9.17) is 5.73 Å². The minimum absolute atomic E-state index is 0.135. The lowest BCUT2D eigenvalue weighted by molar-refractivity contribution is 0.105. The molecule has 0 aliphatic carbocycles. The lowest BCUT2D eigenvalue weighted by Crippen LogP contribution is -2.50. The van der Waals surface area contributed by atoms with Crippen molar-refractivity contribution in [2.75, 3.05) is 40.3 Å². The third-order valence-corrected chi connectivity index (χ3v) is 3.79. The number of likely N-dealkylation sites (tertiary alicyclic amines) is 1. The number of nitrogens with zero attached hydrogens (tertiary/aromatic N) is 2. The van der Waals surface area contributed by atoms with Gasteiger partial charge in [-0.25, -0.2) is 0 Å². The zero-order valence-electron chi connectivity index (χ0n) is 10.8. The van der Waals surface area contributed by atoms with E-state index in [9.17, 15) is 0 Å². The van der Waals surface area contributed by atoms with Crippen LogP contribution in [0.1, 0.15) is 26.7 Å². The SMILES string of the molecule is CN1CCCC(CN(C)C(C)(C)CN)C1. The van der Waals surface area contributed by atoms with Gasteiger partial charge in [0.15, 0.2) is 0 Å². The first kappa shape index (κ1) is 12.9. The van der Waals surface area contributed by atoms with Gasteiger partial charge in [0.1, 0.15) is 0 Å². The topological polar surface area (TPSA) is 32.5 Å². The maximum absolute atomic E-state index is 5.79. The van der Waals surface area contributed by atoms with Gasteiger partial charge in [0.05, 0.1) is 0 Å². The summed E-state index contributed by atoms with van der Waals surface area (Å²) in [7, 11) is 4.42. The van der Waals surface area contributed by atoms with Gasteiger partial charge in [-0.2, -0.15) is 0 Å². The molecule has 0 aromatic heterocycles. The molecule has 1 saturated heterocycles. The van der Waals surface area contributed by atoms with E-state index in [1.165, 1.54) is 32.5 Å². The molecule has 2 N–H and O–H groups in total. The Bertz CT molecular complexity index is 191. The lowest BCUT2D eigenvalue weighted by Gasteiger charge is -2.39. The Morgan fingerprint density at radius 1 is 1.47 bits per heavy atom. The third-order valence-electron chi connectivity index (χ3n) is 3.79. The smallest absolute Gasteiger partial charge is 0.0272 e. The quantitative estimate of drug-likeness (QED) is 0.756. The molecule has 1 atom stereocenters. The van der Waals surface area contributed by atoms with Gasteiger partial charge in [-0.3, -0.25) is 4.90 Å². The van der Waals surface area contributed by atoms with Crippen LogP contribution in [-0.2, 0) is 0 Å². The Labute approximate surface area is 94.6 Å². The van der Waals surface area contributed by atoms with Crippen molar-refractivity contribution in [1.29, 1.82) is 0 Å². The van der Waals surface area contributed by atoms with Gasteiger partial charge in [-0.05, 0) is 53.2 Å². The number of likely N-dealkylation sites (N-methyl/N-ethyl adjacent to an activating group) is 1. The first-order chi connectivity index (χ1) is 6.95. The lowest BCUT2D eigenvalue weighted by atomic mass is 9.95. The first-order valence-electron chi connectivity index (χ1n) is 6.05. The molecule has 1 aliphatic heterocycles. The highest BCUT2D eigenvalue weighted by atomic mass is 15.2. The average Bonchev–Trinajstić information content (AvgIpc) is 2.17. The fraction of sp³-hybridized carbons (Fsp3) is 1.00. The molecule has 0 aromatic rings. The molecular weight excluding hydrogens is 186 g/mol. The normalized spacial score (nSPS) is 24.8. The Hall–Kier alpha value is -0.120. The van der Waals surface area contributed by atoms with Crippen LogP contribution in [0, 0.1) is 5.92 Å². The monoisotopic (exact) mass is 213 g/mol. The highest BCUT2D eigenvalue weighted by molar-refractivity contribution is 4.83. The molecule has 1 rings (SSSR count). The molecule has 0 aromatic carbocycles. The summed E-state index contributed by atoms with van der Waals surface area (Å²) in [4.78, 5) is 4.86. The molecule has 3 heteroatoms. The van der Waals surface area contributed by atoms with Crippen LogP contribution in [-0.4, -0.2) is 55.6 Å². The number of hydrogen-bond acceptors (Lipinski definition) is 3. The second-order valence-corrected chi connectivity index (χ2v) is 5.67. The van der Waals surface area contributed by atoms with Crippen LogP contribution in [0.15, 0.2) is 0 Å². The number of nitrogens with two attached hydrogens (primary N) is 1. The standard InChI is InChI=1S/C12H27N3/c1-12(2,10-13)15(4)9-11-6-5-7-14(3)8-11/h11H,5-10,13H2,1-4H3. The van der Waals surface area contributed by atoms with Crippen molar-refractivity contribution in [1.82, 2.24) is 9.80 Å². The van der Waals surface area contributed by atoms with Gasteiger partial charge >= 0.3 is 0 Å². The zero-order valence-corrected chi connectivity index (χ0v) is 10.8.